The van der Waals surface area contributed by atoms with Gasteiger partial charge < -0.3 is 19.7 Å². The summed E-state index contributed by atoms with van der Waals surface area (Å²) in [5.41, 5.74) is 1.72. The van der Waals surface area contributed by atoms with Crippen LogP contribution in [-0.4, -0.2) is 23.3 Å². The van der Waals surface area contributed by atoms with Crippen molar-refractivity contribution in [2.45, 2.75) is 19.8 Å². The molecule has 2 N–H and O–H groups in total. The monoisotopic (exact) mass is 320 g/mol. The van der Waals surface area contributed by atoms with E-state index in [1.807, 2.05) is 0 Å². The van der Waals surface area contributed by atoms with Crippen LogP contribution >= 0.6 is 0 Å². The minimum atomic E-state index is -0.548. The Bertz CT molecular complexity index is 657. The number of methoxy groups -OCH3 is 1. The van der Waals surface area contributed by atoms with Crippen molar-refractivity contribution in [1.29, 1.82) is 0 Å². The van der Waals surface area contributed by atoms with Gasteiger partial charge >= 0.3 is 5.97 Å². The molecule has 0 fully saturated rings. The Morgan fingerprint density at radius 2 is 1.65 bits per heavy atom. The van der Waals surface area contributed by atoms with Crippen molar-refractivity contribution in [3.63, 3.8) is 0 Å². The lowest BCUT2D eigenvalue weighted by molar-refractivity contribution is 0.0600. The van der Waals surface area contributed by atoms with Gasteiger partial charge in [0, 0.05) is 11.1 Å². The molecule has 0 aromatic heterocycles. The number of carbonyl (C=O) groups is 1. The predicted octanol–water partition coefficient (Wildman–Crippen LogP) is 2.18. The second kappa shape index (κ2) is 7.71. The summed E-state index contributed by atoms with van der Waals surface area (Å²) in [4.78, 5) is 11.4. The third kappa shape index (κ3) is 4.06. The van der Waals surface area contributed by atoms with Gasteiger partial charge in [0.2, 0.25) is 0 Å². The maximum absolute atomic E-state index is 13.4. The van der Waals surface area contributed by atoms with Gasteiger partial charge in [0.1, 0.15) is 18.2 Å². The van der Waals surface area contributed by atoms with E-state index in [2.05, 4.69) is 4.74 Å². The minimum absolute atomic E-state index is 0.146. The number of ether oxygens (including phenoxy) is 2. The molecule has 0 saturated carbocycles. The number of esters is 1. The van der Waals surface area contributed by atoms with E-state index in [9.17, 15) is 19.4 Å². The lowest BCUT2D eigenvalue weighted by atomic mass is 10.1. The van der Waals surface area contributed by atoms with Gasteiger partial charge in [-0.1, -0.05) is 12.1 Å². The van der Waals surface area contributed by atoms with Gasteiger partial charge in [-0.15, -0.1) is 0 Å². The Balaban J connectivity index is 2.16. The van der Waals surface area contributed by atoms with E-state index in [-0.39, 0.29) is 23.5 Å². The predicted molar refractivity (Wildman–Crippen MR) is 80.4 cm³/mol. The molecule has 23 heavy (non-hydrogen) atoms. The number of hydrogen-bond donors (Lipinski definition) is 2. The number of rotatable bonds is 6. The van der Waals surface area contributed by atoms with Crippen molar-refractivity contribution in [2.75, 3.05) is 7.11 Å². The first-order chi connectivity index (χ1) is 11.1. The summed E-state index contributed by atoms with van der Waals surface area (Å²) in [6.07, 6.45) is 0. The molecule has 122 valence electrons. The summed E-state index contributed by atoms with van der Waals surface area (Å²) < 4.78 is 23.6. The summed E-state index contributed by atoms with van der Waals surface area (Å²) in [5.74, 6) is -0.720. The molecular weight excluding hydrogens is 303 g/mol. The van der Waals surface area contributed by atoms with E-state index in [0.717, 1.165) is 17.7 Å². The maximum Gasteiger partial charge on any atom is 0.337 e. The van der Waals surface area contributed by atoms with Gasteiger partial charge in [-0.3, -0.25) is 0 Å². The van der Waals surface area contributed by atoms with Gasteiger partial charge in [-0.05, 0) is 29.8 Å². The smallest absolute Gasteiger partial charge is 0.337 e. The molecule has 0 unspecified atom stereocenters. The zero-order valence-electron chi connectivity index (χ0n) is 12.6. The third-order valence-corrected chi connectivity index (χ3v) is 3.31. The number of benzene rings is 2. The van der Waals surface area contributed by atoms with E-state index in [1.165, 1.54) is 7.11 Å². The van der Waals surface area contributed by atoms with E-state index < -0.39 is 25.0 Å². The van der Waals surface area contributed by atoms with E-state index in [0.29, 0.717) is 5.56 Å². The lowest BCUT2D eigenvalue weighted by Crippen LogP contribution is -2.05. The van der Waals surface area contributed by atoms with Crippen molar-refractivity contribution < 1.29 is 28.9 Å². The van der Waals surface area contributed by atoms with Crippen LogP contribution in [0, 0.1) is 5.82 Å². The van der Waals surface area contributed by atoms with E-state index >= 15 is 0 Å². The van der Waals surface area contributed by atoms with Crippen molar-refractivity contribution in [3.05, 3.63) is 64.5 Å². The van der Waals surface area contributed by atoms with Crippen LogP contribution in [-0.2, 0) is 24.6 Å². The molecule has 0 saturated heterocycles. The van der Waals surface area contributed by atoms with Crippen molar-refractivity contribution in [1.82, 2.24) is 0 Å². The molecule has 0 bridgehead atoms. The number of aliphatic hydroxyl groups excluding tert-OH is 2. The van der Waals surface area contributed by atoms with Crippen LogP contribution in [0.2, 0.25) is 0 Å². The minimum Gasteiger partial charge on any atom is -0.488 e. The highest BCUT2D eigenvalue weighted by Gasteiger charge is 2.12. The molecule has 0 aliphatic rings. The summed E-state index contributed by atoms with van der Waals surface area (Å²) in [6, 6.07) is 8.94. The first kappa shape index (κ1) is 16.9. The summed E-state index contributed by atoms with van der Waals surface area (Å²) in [6.45, 7) is -0.657. The zero-order chi connectivity index (χ0) is 16.8. The highest BCUT2D eigenvalue weighted by atomic mass is 19.1. The third-order valence-electron chi connectivity index (χ3n) is 3.31. The molecule has 0 aliphatic heterocycles. The molecule has 2 aromatic carbocycles. The molecule has 0 atom stereocenters. The first-order valence-electron chi connectivity index (χ1n) is 6.92. The van der Waals surface area contributed by atoms with Crippen LogP contribution in [0.4, 0.5) is 4.39 Å². The Morgan fingerprint density at radius 1 is 1.09 bits per heavy atom. The fourth-order valence-electron chi connectivity index (χ4n) is 2.14. The van der Waals surface area contributed by atoms with Crippen LogP contribution < -0.4 is 4.74 Å². The number of aliphatic hydroxyl groups is 2. The number of hydrogen-bond acceptors (Lipinski definition) is 5. The number of halogens is 1. The molecule has 6 heteroatoms. The highest BCUT2D eigenvalue weighted by molar-refractivity contribution is 5.89. The Morgan fingerprint density at radius 3 is 2.13 bits per heavy atom. The van der Waals surface area contributed by atoms with Gasteiger partial charge in [-0.2, -0.15) is 0 Å². The molecule has 0 heterocycles. The molecule has 0 radical (unpaired) electrons. The van der Waals surface area contributed by atoms with Crippen LogP contribution in [0.3, 0.4) is 0 Å². The normalized spacial score (nSPS) is 10.4. The zero-order valence-corrected chi connectivity index (χ0v) is 12.6. The van der Waals surface area contributed by atoms with Crippen molar-refractivity contribution in [3.8, 4) is 5.75 Å². The largest absolute Gasteiger partial charge is 0.488 e. The Labute approximate surface area is 132 Å². The fraction of sp³-hybridized carbons (Fsp3) is 0.235. The SMILES string of the molecule is COC(=O)c1ccc(COc2c(CO)cc(F)cc2CO)cc1. The van der Waals surface area contributed by atoms with Crippen LogP contribution in [0.1, 0.15) is 27.0 Å². The second-order valence-corrected chi connectivity index (χ2v) is 4.85. The maximum atomic E-state index is 13.4. The summed E-state index contributed by atoms with van der Waals surface area (Å²) >= 11 is 0. The average molecular weight is 320 g/mol. The van der Waals surface area contributed by atoms with Crippen LogP contribution in [0.15, 0.2) is 36.4 Å². The Kier molecular flexibility index (Phi) is 5.67. The van der Waals surface area contributed by atoms with Crippen molar-refractivity contribution in [2.24, 2.45) is 0 Å². The highest BCUT2D eigenvalue weighted by Crippen LogP contribution is 2.27. The molecule has 0 amide bonds. The van der Waals surface area contributed by atoms with Crippen molar-refractivity contribution >= 4 is 5.97 Å². The van der Waals surface area contributed by atoms with Gasteiger partial charge in [-0.25, -0.2) is 9.18 Å². The second-order valence-electron chi connectivity index (χ2n) is 4.85. The summed E-state index contributed by atoms with van der Waals surface area (Å²) in [7, 11) is 1.31. The molecule has 0 spiro atoms. The first-order valence-corrected chi connectivity index (χ1v) is 6.92. The average Bonchev–Trinajstić information content (AvgIpc) is 2.59. The van der Waals surface area contributed by atoms with E-state index in [4.69, 9.17) is 4.74 Å². The van der Waals surface area contributed by atoms with Crippen LogP contribution in [0.25, 0.3) is 0 Å². The summed E-state index contributed by atoms with van der Waals surface area (Å²) in [5, 5.41) is 18.6. The number of carbonyl (C=O) groups excluding carboxylic acids is 1. The van der Waals surface area contributed by atoms with Gasteiger partial charge in [0.05, 0.1) is 25.9 Å². The molecule has 5 nitrogen and oxygen atoms in total. The molecule has 0 aliphatic carbocycles. The Hall–Kier alpha value is -2.44. The van der Waals surface area contributed by atoms with Gasteiger partial charge in [0.25, 0.3) is 0 Å². The molecule has 2 rings (SSSR count). The lowest BCUT2D eigenvalue weighted by Gasteiger charge is -2.14. The van der Waals surface area contributed by atoms with Crippen LogP contribution in [0.5, 0.6) is 5.75 Å². The van der Waals surface area contributed by atoms with E-state index in [1.54, 1.807) is 24.3 Å². The quantitative estimate of drug-likeness (QED) is 0.798. The standard InChI is InChI=1S/C17H17FO5/c1-22-17(21)12-4-2-11(3-5-12)10-23-16-13(8-19)6-15(18)7-14(16)9-20/h2-7,19-20H,8-10H2,1H3. The fourth-order valence-corrected chi connectivity index (χ4v) is 2.14. The molecule has 2 aromatic rings. The topological polar surface area (TPSA) is 76.0 Å². The molecular formula is C17H17FO5. The van der Waals surface area contributed by atoms with Gasteiger partial charge in [0.15, 0.2) is 0 Å².